The molecule has 0 atom stereocenters. The van der Waals surface area contributed by atoms with Gasteiger partial charge in [0, 0.05) is 4.48 Å². The van der Waals surface area contributed by atoms with E-state index in [9.17, 15) is 5.11 Å². The van der Waals surface area contributed by atoms with Gasteiger partial charge in [-0.3, -0.25) is 0 Å². The van der Waals surface area contributed by atoms with Crippen LogP contribution in [0.2, 0.25) is 0 Å². The van der Waals surface area contributed by atoms with Crippen molar-refractivity contribution >= 4 is 21.5 Å². The topological polar surface area (TPSA) is 29.5 Å². The Balaban J connectivity index is 1.61. The molecule has 0 aliphatic heterocycles. The average Bonchev–Trinajstić information content (AvgIpc) is 2.68. The van der Waals surface area contributed by atoms with Crippen molar-refractivity contribution in [2.24, 2.45) is 0 Å². The SMILES string of the molecule is Oc1ccc(C2=C(Br)CCc3cc(OCc4ccccc4)ccc32)cc1. The molecular weight excluding hydrogens is 388 g/mol. The van der Waals surface area contributed by atoms with Crippen LogP contribution in [0.4, 0.5) is 0 Å². The van der Waals surface area contributed by atoms with E-state index in [0.29, 0.717) is 6.61 Å². The van der Waals surface area contributed by atoms with Crippen LogP contribution in [0.5, 0.6) is 11.5 Å². The van der Waals surface area contributed by atoms with Gasteiger partial charge in [0.2, 0.25) is 0 Å². The number of phenols is 1. The van der Waals surface area contributed by atoms with E-state index in [-0.39, 0.29) is 5.75 Å². The number of ether oxygens (including phenoxy) is 1. The zero-order valence-corrected chi connectivity index (χ0v) is 15.9. The number of allylic oxidation sites excluding steroid dienone is 1. The molecule has 0 radical (unpaired) electrons. The highest BCUT2D eigenvalue weighted by Gasteiger charge is 2.19. The second-order valence-electron chi connectivity index (χ2n) is 6.42. The van der Waals surface area contributed by atoms with Gasteiger partial charge in [-0.2, -0.15) is 0 Å². The molecular formula is C23H19BrO2. The highest BCUT2D eigenvalue weighted by molar-refractivity contribution is 9.11. The summed E-state index contributed by atoms with van der Waals surface area (Å²) in [5.74, 6) is 1.18. The van der Waals surface area contributed by atoms with Gasteiger partial charge >= 0.3 is 0 Å². The Kier molecular flexibility index (Phi) is 4.81. The van der Waals surface area contributed by atoms with E-state index in [0.717, 1.165) is 29.7 Å². The summed E-state index contributed by atoms with van der Waals surface area (Å²) >= 11 is 3.75. The predicted octanol–water partition coefficient (Wildman–Crippen LogP) is 6.07. The monoisotopic (exact) mass is 406 g/mol. The summed E-state index contributed by atoms with van der Waals surface area (Å²) in [6.07, 6.45) is 1.95. The van der Waals surface area contributed by atoms with Crippen molar-refractivity contribution < 1.29 is 9.84 Å². The second kappa shape index (κ2) is 7.38. The summed E-state index contributed by atoms with van der Waals surface area (Å²) < 4.78 is 7.18. The van der Waals surface area contributed by atoms with Gasteiger partial charge in [0.05, 0.1) is 0 Å². The van der Waals surface area contributed by atoms with Crippen molar-refractivity contribution in [3.8, 4) is 11.5 Å². The van der Waals surface area contributed by atoms with Crippen molar-refractivity contribution in [1.82, 2.24) is 0 Å². The van der Waals surface area contributed by atoms with Gasteiger partial charge < -0.3 is 9.84 Å². The van der Waals surface area contributed by atoms with Crippen LogP contribution in [0, 0.1) is 0 Å². The molecule has 3 aromatic carbocycles. The number of aryl methyl sites for hydroxylation is 1. The van der Waals surface area contributed by atoms with Gasteiger partial charge in [-0.05, 0) is 64.9 Å². The number of fused-ring (bicyclic) bond motifs is 1. The standard InChI is InChI=1S/C23H19BrO2/c24-22-13-8-18-14-20(26-15-16-4-2-1-3-5-16)11-12-21(18)23(22)17-6-9-19(25)10-7-17/h1-7,9-12,14,25H,8,13,15H2. The molecule has 0 amide bonds. The molecule has 0 saturated heterocycles. The molecule has 0 heterocycles. The molecule has 130 valence electrons. The zero-order chi connectivity index (χ0) is 17.9. The fraction of sp³-hybridized carbons (Fsp3) is 0.130. The molecule has 0 bridgehead atoms. The Morgan fingerprint density at radius 1 is 0.885 bits per heavy atom. The lowest BCUT2D eigenvalue weighted by Gasteiger charge is -2.22. The minimum Gasteiger partial charge on any atom is -0.508 e. The molecule has 26 heavy (non-hydrogen) atoms. The first-order chi connectivity index (χ1) is 12.7. The van der Waals surface area contributed by atoms with Crippen molar-refractivity contribution in [1.29, 1.82) is 0 Å². The maximum absolute atomic E-state index is 9.56. The first-order valence-electron chi connectivity index (χ1n) is 8.69. The second-order valence-corrected chi connectivity index (χ2v) is 7.38. The molecule has 0 fully saturated rings. The largest absolute Gasteiger partial charge is 0.508 e. The van der Waals surface area contributed by atoms with Crippen molar-refractivity contribution in [2.45, 2.75) is 19.4 Å². The minimum atomic E-state index is 0.283. The fourth-order valence-corrected chi connectivity index (χ4v) is 3.95. The first kappa shape index (κ1) is 16.9. The van der Waals surface area contributed by atoms with Gasteiger partial charge in [-0.15, -0.1) is 0 Å². The zero-order valence-electron chi connectivity index (χ0n) is 14.3. The highest BCUT2D eigenvalue weighted by Crippen LogP contribution is 2.40. The summed E-state index contributed by atoms with van der Waals surface area (Å²) in [5, 5.41) is 9.56. The minimum absolute atomic E-state index is 0.283. The Morgan fingerprint density at radius 2 is 1.65 bits per heavy atom. The van der Waals surface area contributed by atoms with Crippen LogP contribution in [-0.4, -0.2) is 5.11 Å². The van der Waals surface area contributed by atoms with Crippen molar-refractivity contribution in [2.75, 3.05) is 0 Å². The molecule has 1 aliphatic rings. The third-order valence-electron chi connectivity index (χ3n) is 4.64. The Labute approximate surface area is 161 Å². The summed E-state index contributed by atoms with van der Waals surface area (Å²) in [6.45, 7) is 0.573. The molecule has 0 spiro atoms. The van der Waals surface area contributed by atoms with E-state index >= 15 is 0 Å². The summed E-state index contributed by atoms with van der Waals surface area (Å²) in [5.41, 5.74) is 5.98. The number of hydrogen-bond donors (Lipinski definition) is 1. The van der Waals surface area contributed by atoms with Crippen LogP contribution in [0.25, 0.3) is 5.57 Å². The van der Waals surface area contributed by atoms with Crippen LogP contribution in [-0.2, 0) is 13.0 Å². The lowest BCUT2D eigenvalue weighted by molar-refractivity contribution is 0.306. The van der Waals surface area contributed by atoms with E-state index in [1.54, 1.807) is 12.1 Å². The van der Waals surface area contributed by atoms with E-state index in [4.69, 9.17) is 4.74 Å². The number of rotatable bonds is 4. The maximum atomic E-state index is 9.56. The predicted molar refractivity (Wildman–Crippen MR) is 109 cm³/mol. The summed E-state index contributed by atoms with van der Waals surface area (Å²) in [4.78, 5) is 0. The molecule has 0 saturated carbocycles. The lowest BCUT2D eigenvalue weighted by atomic mass is 9.87. The molecule has 3 aromatic rings. The number of benzene rings is 3. The molecule has 0 aromatic heterocycles. The van der Waals surface area contributed by atoms with Crippen LogP contribution >= 0.6 is 15.9 Å². The van der Waals surface area contributed by atoms with Crippen LogP contribution in [0.1, 0.15) is 28.7 Å². The number of hydrogen-bond acceptors (Lipinski definition) is 2. The normalized spacial score (nSPS) is 13.4. The third-order valence-corrected chi connectivity index (χ3v) is 5.43. The molecule has 2 nitrogen and oxygen atoms in total. The van der Waals surface area contributed by atoms with E-state index in [2.05, 4.69) is 40.2 Å². The van der Waals surface area contributed by atoms with Crippen molar-refractivity contribution in [3.05, 3.63) is 99.5 Å². The third kappa shape index (κ3) is 3.54. The van der Waals surface area contributed by atoms with Gasteiger partial charge in [0.15, 0.2) is 0 Å². The van der Waals surface area contributed by atoms with Gasteiger partial charge in [0.25, 0.3) is 0 Å². The quantitative estimate of drug-likeness (QED) is 0.569. The molecule has 1 aliphatic carbocycles. The Hall–Kier alpha value is -2.52. The number of phenolic OH excluding ortho intramolecular Hbond substituents is 1. The molecule has 0 unspecified atom stereocenters. The van der Waals surface area contributed by atoms with Crippen molar-refractivity contribution in [3.63, 3.8) is 0 Å². The number of halogens is 1. The molecule has 1 N–H and O–H groups in total. The van der Waals surface area contributed by atoms with E-state index in [1.807, 2.05) is 36.4 Å². The maximum Gasteiger partial charge on any atom is 0.120 e. The lowest BCUT2D eigenvalue weighted by Crippen LogP contribution is -2.05. The van der Waals surface area contributed by atoms with Gasteiger partial charge in [-0.1, -0.05) is 64.5 Å². The van der Waals surface area contributed by atoms with Gasteiger partial charge in [0.1, 0.15) is 18.1 Å². The summed E-state index contributed by atoms with van der Waals surface area (Å²) in [6, 6.07) is 23.9. The summed E-state index contributed by atoms with van der Waals surface area (Å²) in [7, 11) is 0. The van der Waals surface area contributed by atoms with E-state index in [1.165, 1.54) is 21.2 Å². The smallest absolute Gasteiger partial charge is 0.120 e. The van der Waals surface area contributed by atoms with Crippen LogP contribution in [0.3, 0.4) is 0 Å². The molecule has 3 heteroatoms. The first-order valence-corrected chi connectivity index (χ1v) is 9.48. The fourth-order valence-electron chi connectivity index (χ4n) is 3.31. The highest BCUT2D eigenvalue weighted by atomic mass is 79.9. The van der Waals surface area contributed by atoms with E-state index < -0.39 is 0 Å². The number of aromatic hydroxyl groups is 1. The van der Waals surface area contributed by atoms with Crippen LogP contribution in [0.15, 0.2) is 77.3 Å². The van der Waals surface area contributed by atoms with Gasteiger partial charge in [-0.25, -0.2) is 0 Å². The average molecular weight is 407 g/mol. The Morgan fingerprint density at radius 3 is 2.42 bits per heavy atom. The Bertz CT molecular complexity index is 944. The van der Waals surface area contributed by atoms with Crippen LogP contribution < -0.4 is 4.74 Å². The molecule has 4 rings (SSSR count).